The normalized spacial score (nSPS) is 14.2. The second-order valence-corrected chi connectivity index (χ2v) is 14.9. The van der Waals surface area contributed by atoms with Crippen molar-refractivity contribution in [2.45, 2.75) is 39.0 Å². The molecule has 1 atom stereocenters. The zero-order chi connectivity index (χ0) is 30.7. The minimum Gasteiger partial charge on any atom is -0.497 e. The van der Waals surface area contributed by atoms with Gasteiger partial charge in [-0.15, -0.1) is 10.2 Å². The summed E-state index contributed by atoms with van der Waals surface area (Å²) in [5, 5.41) is 15.7. The lowest BCUT2D eigenvalue weighted by atomic mass is 10.00. The van der Waals surface area contributed by atoms with E-state index in [1.54, 1.807) is 19.2 Å². The number of rotatable bonds is 9. The van der Waals surface area contributed by atoms with Gasteiger partial charge in [0.1, 0.15) is 17.6 Å². The molecule has 2 amide bonds. The van der Waals surface area contributed by atoms with E-state index in [1.165, 1.54) is 0 Å². The molecule has 0 bridgehead atoms. The van der Waals surface area contributed by atoms with E-state index in [-0.39, 0.29) is 31.3 Å². The Morgan fingerprint density at radius 2 is 1.77 bits per heavy atom. The van der Waals surface area contributed by atoms with E-state index < -0.39 is 14.4 Å². The number of nitrogens with one attached hydrogen (secondary N) is 2. The number of methoxy groups -OCH3 is 1. The van der Waals surface area contributed by atoms with Crippen LogP contribution in [0.3, 0.4) is 0 Å². The maximum atomic E-state index is 13.2. The standard InChI is InChI=1S/C31H33ClN6O4Si/c1-19-36-37-31-25(16-28(39)34-18-29(40)33-17-21-7-5-6-8-27(21)43(3,4)41)35-30(20-9-11-22(32)12-10-20)24-15-23(42-2)13-14-26(24)38(19)31/h5-15,25,41H,16-18H2,1-4H3,(H,33,40)(H,34,39)/t25-/m0/s1. The van der Waals surface area contributed by atoms with Gasteiger partial charge >= 0.3 is 0 Å². The van der Waals surface area contributed by atoms with Gasteiger partial charge in [0.05, 0.1) is 31.5 Å². The van der Waals surface area contributed by atoms with Crippen LogP contribution in [0.2, 0.25) is 18.1 Å². The molecular weight excluding hydrogens is 584 g/mol. The minimum atomic E-state index is -2.56. The molecule has 10 nitrogen and oxygen atoms in total. The number of carbonyl (C=O) groups excluding carboxylic acids is 2. The highest BCUT2D eigenvalue weighted by molar-refractivity contribution is 6.83. The van der Waals surface area contributed by atoms with Crippen molar-refractivity contribution in [3.8, 4) is 11.4 Å². The number of fused-ring (bicyclic) bond motifs is 3. The van der Waals surface area contributed by atoms with Gasteiger partial charge < -0.3 is 20.2 Å². The lowest BCUT2D eigenvalue weighted by molar-refractivity contribution is -0.126. The first-order chi connectivity index (χ1) is 20.5. The molecule has 0 saturated carbocycles. The van der Waals surface area contributed by atoms with Crippen LogP contribution in [0.4, 0.5) is 0 Å². The van der Waals surface area contributed by atoms with Gasteiger partial charge in [-0.3, -0.25) is 19.1 Å². The van der Waals surface area contributed by atoms with Gasteiger partial charge in [-0.05, 0) is 61.1 Å². The van der Waals surface area contributed by atoms with Crippen molar-refractivity contribution < 1.29 is 19.1 Å². The van der Waals surface area contributed by atoms with Gasteiger partial charge in [0, 0.05) is 22.7 Å². The third kappa shape index (κ3) is 6.69. The predicted octanol–water partition coefficient (Wildman–Crippen LogP) is 3.36. The molecule has 0 aliphatic carbocycles. The van der Waals surface area contributed by atoms with Gasteiger partial charge in [0.25, 0.3) is 0 Å². The van der Waals surface area contributed by atoms with Crippen molar-refractivity contribution in [3.63, 3.8) is 0 Å². The van der Waals surface area contributed by atoms with Crippen molar-refractivity contribution in [1.82, 2.24) is 25.4 Å². The molecule has 3 aromatic carbocycles. The zero-order valence-electron chi connectivity index (χ0n) is 24.4. The molecule has 2 heterocycles. The Hall–Kier alpha value is -4.32. The third-order valence-corrected chi connectivity index (χ3v) is 9.29. The lowest BCUT2D eigenvalue weighted by Gasteiger charge is -2.19. The fourth-order valence-electron chi connectivity index (χ4n) is 5.13. The number of hydrogen-bond acceptors (Lipinski definition) is 7. The van der Waals surface area contributed by atoms with Crippen molar-refractivity contribution in [3.05, 3.63) is 100 Å². The van der Waals surface area contributed by atoms with E-state index in [0.717, 1.165) is 27.6 Å². The average Bonchev–Trinajstić information content (AvgIpc) is 3.31. The molecule has 0 radical (unpaired) electrons. The second-order valence-electron chi connectivity index (χ2n) is 10.8. The highest BCUT2D eigenvalue weighted by Crippen LogP contribution is 2.34. The fourth-order valence-corrected chi connectivity index (χ4v) is 6.72. The van der Waals surface area contributed by atoms with Crippen LogP contribution in [0, 0.1) is 6.92 Å². The Labute approximate surface area is 255 Å². The molecule has 0 saturated heterocycles. The maximum Gasteiger partial charge on any atom is 0.239 e. The summed E-state index contributed by atoms with van der Waals surface area (Å²) in [6.07, 6.45) is -0.0548. The van der Waals surface area contributed by atoms with Gasteiger partial charge in [0.15, 0.2) is 5.82 Å². The maximum absolute atomic E-state index is 13.2. The van der Waals surface area contributed by atoms with Crippen LogP contribution in [0.15, 0.2) is 71.7 Å². The van der Waals surface area contributed by atoms with Crippen LogP contribution >= 0.6 is 11.6 Å². The number of aryl methyl sites for hydroxylation is 1. The number of ether oxygens (including phenoxy) is 1. The number of carbonyl (C=O) groups is 2. The smallest absolute Gasteiger partial charge is 0.239 e. The molecule has 1 aliphatic heterocycles. The summed E-state index contributed by atoms with van der Waals surface area (Å²) in [6.45, 7) is 5.56. The zero-order valence-corrected chi connectivity index (χ0v) is 26.1. The van der Waals surface area contributed by atoms with Crippen LogP contribution in [-0.2, 0) is 16.1 Å². The molecule has 5 rings (SSSR count). The van der Waals surface area contributed by atoms with Gasteiger partial charge in [-0.25, -0.2) is 0 Å². The Balaban J connectivity index is 1.36. The SMILES string of the molecule is COc1ccc2c(c1)C(c1ccc(Cl)cc1)=N[C@@H](CC(=O)NCC(=O)NCc1ccccc1[Si](C)(C)O)c1nnc(C)n1-2. The van der Waals surface area contributed by atoms with E-state index in [1.807, 2.05) is 79.2 Å². The van der Waals surface area contributed by atoms with E-state index in [0.29, 0.717) is 28.1 Å². The van der Waals surface area contributed by atoms with E-state index in [2.05, 4.69) is 20.8 Å². The number of nitrogens with zero attached hydrogens (tertiary/aromatic N) is 4. The Morgan fingerprint density at radius 3 is 2.49 bits per heavy atom. The topological polar surface area (TPSA) is 131 Å². The van der Waals surface area contributed by atoms with Crippen LogP contribution in [0.5, 0.6) is 5.75 Å². The van der Waals surface area contributed by atoms with Crippen LogP contribution < -0.4 is 20.6 Å². The molecule has 1 aromatic heterocycles. The van der Waals surface area contributed by atoms with Crippen molar-refractivity contribution in [1.29, 1.82) is 0 Å². The summed E-state index contributed by atoms with van der Waals surface area (Å²) in [5.74, 6) is 1.11. The summed E-state index contributed by atoms with van der Waals surface area (Å²) in [7, 11) is -0.963. The monoisotopic (exact) mass is 616 g/mol. The van der Waals surface area contributed by atoms with Crippen LogP contribution in [-0.4, -0.2) is 59.1 Å². The van der Waals surface area contributed by atoms with E-state index in [9.17, 15) is 14.4 Å². The highest BCUT2D eigenvalue weighted by Gasteiger charge is 2.30. The molecule has 12 heteroatoms. The lowest BCUT2D eigenvalue weighted by Crippen LogP contribution is -2.45. The molecule has 3 N–H and O–H groups in total. The molecule has 0 fully saturated rings. The second kappa shape index (κ2) is 12.5. The van der Waals surface area contributed by atoms with Crippen LogP contribution in [0.25, 0.3) is 5.69 Å². The summed E-state index contributed by atoms with van der Waals surface area (Å²) in [4.78, 5) is 41.5. The summed E-state index contributed by atoms with van der Waals surface area (Å²) < 4.78 is 7.41. The first-order valence-electron chi connectivity index (χ1n) is 13.8. The van der Waals surface area contributed by atoms with Gasteiger partial charge in [-0.1, -0.05) is 48.0 Å². The largest absolute Gasteiger partial charge is 0.497 e. The number of hydrogen-bond donors (Lipinski definition) is 3. The highest BCUT2D eigenvalue weighted by atomic mass is 35.5. The third-order valence-electron chi connectivity index (χ3n) is 7.23. The van der Waals surface area contributed by atoms with Crippen molar-refractivity contribution >= 4 is 42.6 Å². The number of amides is 2. The molecule has 43 heavy (non-hydrogen) atoms. The number of halogens is 1. The van der Waals surface area contributed by atoms with Gasteiger partial charge in [-0.2, -0.15) is 0 Å². The molecule has 4 aromatic rings. The number of aromatic nitrogens is 3. The fraction of sp³-hybridized carbons (Fsp3) is 0.258. The number of aliphatic imine (C=N–C) groups is 1. The Bertz CT molecular complexity index is 1700. The predicted molar refractivity (Wildman–Crippen MR) is 168 cm³/mol. The van der Waals surface area contributed by atoms with Crippen molar-refractivity contribution in [2.75, 3.05) is 13.7 Å². The molecule has 0 unspecified atom stereocenters. The molecule has 1 aliphatic rings. The Kier molecular flexibility index (Phi) is 8.76. The quantitative estimate of drug-likeness (QED) is 0.247. The first kappa shape index (κ1) is 30.1. The van der Waals surface area contributed by atoms with Crippen molar-refractivity contribution in [2.24, 2.45) is 4.99 Å². The Morgan fingerprint density at radius 1 is 1.02 bits per heavy atom. The van der Waals surface area contributed by atoms with Crippen LogP contribution in [0.1, 0.15) is 40.8 Å². The molecule has 0 spiro atoms. The van der Waals surface area contributed by atoms with E-state index in [4.69, 9.17) is 21.3 Å². The summed E-state index contributed by atoms with van der Waals surface area (Å²) in [5.41, 5.74) is 3.93. The van der Waals surface area contributed by atoms with Gasteiger partial charge in [0.2, 0.25) is 20.1 Å². The minimum absolute atomic E-state index is 0.0548. The van der Waals surface area contributed by atoms with E-state index >= 15 is 0 Å². The summed E-state index contributed by atoms with van der Waals surface area (Å²) >= 11 is 6.17. The summed E-state index contributed by atoms with van der Waals surface area (Å²) in [6, 6.07) is 19.8. The first-order valence-corrected chi connectivity index (χ1v) is 17.2. The molecular formula is C31H33ClN6O4Si. The number of benzene rings is 3. The molecule has 222 valence electrons. The average molecular weight is 617 g/mol.